The second-order valence-corrected chi connectivity index (χ2v) is 9.54. The number of likely N-dealkylation sites (tertiary alicyclic amines) is 1. The van der Waals surface area contributed by atoms with Gasteiger partial charge in [0.1, 0.15) is 5.82 Å². The summed E-state index contributed by atoms with van der Waals surface area (Å²) in [6.45, 7) is 10.2. The van der Waals surface area contributed by atoms with Crippen molar-refractivity contribution < 1.29 is 22.4 Å². The van der Waals surface area contributed by atoms with Crippen LogP contribution in [-0.2, 0) is 12.6 Å². The van der Waals surface area contributed by atoms with Crippen LogP contribution in [0.2, 0.25) is 0 Å². The lowest BCUT2D eigenvalue weighted by atomic mass is 9.74. The van der Waals surface area contributed by atoms with Crippen molar-refractivity contribution in [2.75, 3.05) is 26.7 Å². The van der Waals surface area contributed by atoms with Gasteiger partial charge in [-0.2, -0.15) is 13.2 Å². The summed E-state index contributed by atoms with van der Waals surface area (Å²) in [7, 11) is 1.82. The van der Waals surface area contributed by atoms with Gasteiger partial charge in [0.05, 0.1) is 5.56 Å². The Morgan fingerprint density at radius 3 is 2.43 bits per heavy atom. The molecule has 1 aromatic carbocycles. The van der Waals surface area contributed by atoms with E-state index in [1.165, 1.54) is 6.07 Å². The minimum absolute atomic E-state index is 0.0129. The molecular weight excluding hydrogens is 396 g/mol. The number of hydrogen-bond donors (Lipinski definition) is 0. The third-order valence-electron chi connectivity index (χ3n) is 5.90. The first-order valence-corrected chi connectivity index (χ1v) is 10.7. The van der Waals surface area contributed by atoms with E-state index in [9.17, 15) is 22.4 Å². The molecule has 1 heterocycles. The summed E-state index contributed by atoms with van der Waals surface area (Å²) in [5.74, 6) is -0.437. The van der Waals surface area contributed by atoms with Gasteiger partial charge in [-0.15, -0.1) is 0 Å². The van der Waals surface area contributed by atoms with Crippen molar-refractivity contribution >= 4 is 6.03 Å². The molecule has 7 heteroatoms. The fraction of sp³-hybridized carbons (Fsp3) is 0.696. The molecule has 0 bridgehead atoms. The van der Waals surface area contributed by atoms with Gasteiger partial charge in [0.15, 0.2) is 0 Å². The molecule has 1 aliphatic heterocycles. The van der Waals surface area contributed by atoms with Crippen LogP contribution in [0.3, 0.4) is 0 Å². The average Bonchev–Trinajstić information content (AvgIpc) is 2.59. The summed E-state index contributed by atoms with van der Waals surface area (Å²) in [6.07, 6.45) is -1.46. The minimum atomic E-state index is -4.57. The minimum Gasteiger partial charge on any atom is -0.327 e. The van der Waals surface area contributed by atoms with E-state index in [-0.39, 0.29) is 29.3 Å². The fourth-order valence-electron chi connectivity index (χ4n) is 4.79. The molecular formula is C23H34F4N2O. The number of benzene rings is 1. The molecule has 0 radical (unpaired) electrons. The zero-order valence-corrected chi connectivity index (χ0v) is 18.7. The van der Waals surface area contributed by atoms with Gasteiger partial charge in [0, 0.05) is 32.1 Å². The number of carbonyl (C=O) groups is 1. The number of rotatable bonds is 8. The predicted octanol–water partition coefficient (Wildman–Crippen LogP) is 6.22. The number of alkyl halides is 3. The Morgan fingerprint density at radius 1 is 1.23 bits per heavy atom. The highest BCUT2D eigenvalue weighted by molar-refractivity contribution is 5.75. The molecule has 1 aromatic rings. The Labute approximate surface area is 177 Å². The lowest BCUT2D eigenvalue weighted by Gasteiger charge is -2.50. The normalized spacial score (nSPS) is 18.0. The van der Waals surface area contributed by atoms with Crippen molar-refractivity contribution in [1.29, 1.82) is 0 Å². The largest absolute Gasteiger partial charge is 0.416 e. The molecule has 30 heavy (non-hydrogen) atoms. The smallest absolute Gasteiger partial charge is 0.327 e. The van der Waals surface area contributed by atoms with Crippen molar-refractivity contribution in [3.63, 3.8) is 0 Å². The number of hydrogen-bond acceptors (Lipinski definition) is 1. The third-order valence-corrected chi connectivity index (χ3v) is 5.90. The first-order chi connectivity index (χ1) is 13.8. The van der Waals surface area contributed by atoms with Crippen LogP contribution in [0.25, 0.3) is 0 Å². The maximum Gasteiger partial charge on any atom is 0.416 e. The third kappa shape index (κ3) is 6.35. The molecule has 2 unspecified atom stereocenters. The molecule has 170 valence electrons. The van der Waals surface area contributed by atoms with Gasteiger partial charge < -0.3 is 9.80 Å². The summed E-state index contributed by atoms with van der Waals surface area (Å²) in [6, 6.07) is 2.90. The SMILES string of the molecule is CCCC(C)CN(C)C(=O)N1CC(C)(CC(C)Cc2ccc(F)cc2C(F)(F)F)C1. The lowest BCUT2D eigenvalue weighted by Crippen LogP contribution is -2.60. The summed E-state index contributed by atoms with van der Waals surface area (Å²) in [5, 5.41) is 0. The first kappa shape index (κ1) is 24.5. The van der Waals surface area contributed by atoms with Crippen LogP contribution in [0.4, 0.5) is 22.4 Å². The van der Waals surface area contributed by atoms with Crippen molar-refractivity contribution in [1.82, 2.24) is 9.80 Å². The van der Waals surface area contributed by atoms with Gasteiger partial charge in [0.25, 0.3) is 0 Å². The lowest BCUT2D eigenvalue weighted by molar-refractivity contribution is -0.138. The standard InChI is InChI=1S/C23H34F4N2O/c1-6-7-16(2)13-28(5)21(30)29-14-22(4,15-29)12-17(3)10-18-8-9-19(24)11-20(18)23(25,26)27/h8-9,11,16-17H,6-7,10,12-15H2,1-5H3. The fourth-order valence-corrected chi connectivity index (χ4v) is 4.79. The molecule has 2 rings (SSSR count). The van der Waals surface area contributed by atoms with Gasteiger partial charge in [-0.3, -0.25) is 0 Å². The van der Waals surface area contributed by atoms with Crippen LogP contribution in [0.1, 0.15) is 58.1 Å². The number of nitrogens with zero attached hydrogens (tertiary/aromatic N) is 2. The van der Waals surface area contributed by atoms with E-state index in [4.69, 9.17) is 0 Å². The summed E-state index contributed by atoms with van der Waals surface area (Å²) < 4.78 is 53.0. The summed E-state index contributed by atoms with van der Waals surface area (Å²) >= 11 is 0. The van der Waals surface area contributed by atoms with Crippen LogP contribution < -0.4 is 0 Å². The van der Waals surface area contributed by atoms with Gasteiger partial charge >= 0.3 is 12.2 Å². The molecule has 0 N–H and O–H groups in total. The molecule has 0 aliphatic carbocycles. The Bertz CT molecular complexity index is 728. The maximum atomic E-state index is 13.3. The van der Waals surface area contributed by atoms with Gasteiger partial charge in [-0.05, 0) is 48.8 Å². The van der Waals surface area contributed by atoms with Crippen molar-refractivity contribution in [3.8, 4) is 0 Å². The van der Waals surface area contributed by atoms with Gasteiger partial charge in [-0.1, -0.05) is 40.2 Å². The molecule has 1 aliphatic rings. The molecule has 3 nitrogen and oxygen atoms in total. The van der Waals surface area contributed by atoms with Crippen LogP contribution in [-0.4, -0.2) is 42.5 Å². The van der Waals surface area contributed by atoms with Crippen LogP contribution in [0, 0.1) is 23.1 Å². The molecule has 1 fully saturated rings. The Morgan fingerprint density at radius 2 is 1.87 bits per heavy atom. The summed E-state index contributed by atoms with van der Waals surface area (Å²) in [4.78, 5) is 16.2. The van der Waals surface area contributed by atoms with E-state index in [0.29, 0.717) is 31.5 Å². The Kier molecular flexibility index (Phi) is 7.80. The topological polar surface area (TPSA) is 23.6 Å². The highest BCUT2D eigenvalue weighted by atomic mass is 19.4. The number of halogens is 4. The Hall–Kier alpha value is -1.79. The first-order valence-electron chi connectivity index (χ1n) is 10.7. The van der Waals surface area contributed by atoms with Crippen LogP contribution in [0.15, 0.2) is 18.2 Å². The second-order valence-electron chi connectivity index (χ2n) is 9.54. The quantitative estimate of drug-likeness (QED) is 0.449. The van der Waals surface area contributed by atoms with Crippen LogP contribution in [0.5, 0.6) is 0 Å². The van der Waals surface area contributed by atoms with E-state index in [0.717, 1.165) is 25.5 Å². The van der Waals surface area contributed by atoms with Crippen molar-refractivity contribution in [2.24, 2.45) is 17.3 Å². The highest BCUT2D eigenvalue weighted by Crippen LogP contribution is 2.39. The van der Waals surface area contributed by atoms with Gasteiger partial charge in [0.2, 0.25) is 0 Å². The highest BCUT2D eigenvalue weighted by Gasteiger charge is 2.43. The van der Waals surface area contributed by atoms with E-state index in [2.05, 4.69) is 20.8 Å². The van der Waals surface area contributed by atoms with Crippen molar-refractivity contribution in [3.05, 3.63) is 35.1 Å². The van der Waals surface area contributed by atoms with E-state index >= 15 is 0 Å². The van der Waals surface area contributed by atoms with E-state index < -0.39 is 17.6 Å². The predicted molar refractivity (Wildman–Crippen MR) is 111 cm³/mol. The van der Waals surface area contributed by atoms with Crippen molar-refractivity contribution in [2.45, 2.75) is 59.6 Å². The Balaban J connectivity index is 1.91. The number of carbonyl (C=O) groups excluding carboxylic acids is 1. The summed E-state index contributed by atoms with van der Waals surface area (Å²) in [5.41, 5.74) is -0.881. The zero-order valence-electron chi connectivity index (χ0n) is 18.7. The number of amides is 2. The van der Waals surface area contributed by atoms with E-state index in [1.807, 2.05) is 18.9 Å². The maximum absolute atomic E-state index is 13.3. The van der Waals surface area contributed by atoms with Crippen LogP contribution >= 0.6 is 0 Å². The molecule has 0 spiro atoms. The zero-order chi connectivity index (χ0) is 22.7. The monoisotopic (exact) mass is 430 g/mol. The molecule has 2 atom stereocenters. The molecule has 1 saturated heterocycles. The van der Waals surface area contributed by atoms with E-state index in [1.54, 1.807) is 4.90 Å². The molecule has 2 amide bonds. The average molecular weight is 431 g/mol. The van der Waals surface area contributed by atoms with Gasteiger partial charge in [-0.25, -0.2) is 9.18 Å². The molecule has 0 aromatic heterocycles. The molecule has 0 saturated carbocycles. The second kappa shape index (κ2) is 9.56. The number of urea groups is 1.